The predicted octanol–water partition coefficient (Wildman–Crippen LogP) is 2.82. The third-order valence-electron chi connectivity index (χ3n) is 2.97. The van der Waals surface area contributed by atoms with E-state index in [4.69, 9.17) is 5.11 Å². The molecule has 0 aromatic heterocycles. The Morgan fingerprint density at radius 2 is 2.11 bits per heavy atom. The quantitative estimate of drug-likeness (QED) is 0.847. The number of aliphatic carboxylic acids is 1. The molecule has 0 fully saturated rings. The third-order valence-corrected chi connectivity index (χ3v) is 2.97. The third kappa shape index (κ3) is 4.45. The van der Waals surface area contributed by atoms with Gasteiger partial charge in [-0.25, -0.2) is 4.39 Å². The summed E-state index contributed by atoms with van der Waals surface area (Å²) in [6.07, 6.45) is 0.104. The molecule has 18 heavy (non-hydrogen) atoms. The minimum absolute atomic E-state index is 0.104. The molecule has 1 rings (SSSR count). The Bertz CT molecular complexity index is 418. The van der Waals surface area contributed by atoms with Gasteiger partial charge in [0.15, 0.2) is 0 Å². The summed E-state index contributed by atoms with van der Waals surface area (Å²) in [7, 11) is 0. The normalized spacial score (nSPS) is 11.2. The molecule has 1 aromatic carbocycles. The SMILES string of the molecule is Cc1ccc(CN(CCC(=O)O)C(C)C)cc1F. The van der Waals surface area contributed by atoms with Crippen molar-refractivity contribution >= 4 is 5.97 Å². The van der Waals surface area contributed by atoms with Gasteiger partial charge in [0.25, 0.3) is 0 Å². The number of halogens is 1. The summed E-state index contributed by atoms with van der Waals surface area (Å²) < 4.78 is 13.4. The predicted molar refractivity (Wildman–Crippen MR) is 68.9 cm³/mol. The summed E-state index contributed by atoms with van der Waals surface area (Å²) in [5.41, 5.74) is 1.50. The molecule has 0 spiro atoms. The van der Waals surface area contributed by atoms with Gasteiger partial charge >= 0.3 is 5.97 Å². The van der Waals surface area contributed by atoms with Crippen molar-refractivity contribution in [2.75, 3.05) is 6.54 Å². The van der Waals surface area contributed by atoms with Crippen LogP contribution in [0.15, 0.2) is 18.2 Å². The van der Waals surface area contributed by atoms with Gasteiger partial charge in [0.2, 0.25) is 0 Å². The Balaban J connectivity index is 2.70. The van der Waals surface area contributed by atoms with Crippen LogP contribution in [0.25, 0.3) is 0 Å². The second-order valence-electron chi connectivity index (χ2n) is 4.79. The minimum atomic E-state index is -0.810. The number of hydrogen-bond donors (Lipinski definition) is 1. The average Bonchev–Trinajstić information content (AvgIpc) is 2.28. The first-order chi connectivity index (χ1) is 8.40. The van der Waals surface area contributed by atoms with E-state index in [1.54, 1.807) is 13.0 Å². The molecule has 0 saturated heterocycles. The summed E-state index contributed by atoms with van der Waals surface area (Å²) >= 11 is 0. The van der Waals surface area contributed by atoms with Crippen LogP contribution in [0.1, 0.15) is 31.4 Å². The van der Waals surface area contributed by atoms with Crippen LogP contribution >= 0.6 is 0 Å². The zero-order valence-electron chi connectivity index (χ0n) is 11.1. The monoisotopic (exact) mass is 253 g/mol. The highest BCUT2D eigenvalue weighted by atomic mass is 19.1. The zero-order chi connectivity index (χ0) is 13.7. The highest BCUT2D eigenvalue weighted by Crippen LogP contribution is 2.13. The fourth-order valence-corrected chi connectivity index (χ4v) is 1.73. The molecule has 100 valence electrons. The van der Waals surface area contributed by atoms with E-state index in [1.807, 2.05) is 24.8 Å². The molecule has 0 aliphatic rings. The molecule has 0 heterocycles. The van der Waals surface area contributed by atoms with Crippen molar-refractivity contribution in [3.8, 4) is 0 Å². The van der Waals surface area contributed by atoms with Crippen LogP contribution in [0, 0.1) is 12.7 Å². The maximum Gasteiger partial charge on any atom is 0.304 e. The number of benzene rings is 1. The van der Waals surface area contributed by atoms with E-state index < -0.39 is 5.97 Å². The molecular formula is C14H20FNO2. The number of rotatable bonds is 6. The van der Waals surface area contributed by atoms with Gasteiger partial charge in [0, 0.05) is 19.1 Å². The number of carboxylic acid groups (broad SMARTS) is 1. The lowest BCUT2D eigenvalue weighted by molar-refractivity contribution is -0.137. The Morgan fingerprint density at radius 1 is 1.44 bits per heavy atom. The fraction of sp³-hybridized carbons (Fsp3) is 0.500. The molecule has 0 saturated carbocycles. The largest absolute Gasteiger partial charge is 0.481 e. The lowest BCUT2D eigenvalue weighted by Gasteiger charge is -2.26. The Labute approximate surface area is 107 Å². The smallest absolute Gasteiger partial charge is 0.304 e. The van der Waals surface area contributed by atoms with Crippen molar-refractivity contribution in [3.05, 3.63) is 35.1 Å². The van der Waals surface area contributed by atoms with Crippen LogP contribution < -0.4 is 0 Å². The van der Waals surface area contributed by atoms with Crippen molar-refractivity contribution < 1.29 is 14.3 Å². The lowest BCUT2D eigenvalue weighted by Crippen LogP contribution is -2.32. The highest BCUT2D eigenvalue weighted by molar-refractivity contribution is 5.66. The highest BCUT2D eigenvalue weighted by Gasteiger charge is 2.12. The first-order valence-corrected chi connectivity index (χ1v) is 6.11. The second-order valence-corrected chi connectivity index (χ2v) is 4.79. The van der Waals surface area contributed by atoms with Crippen LogP contribution in [-0.4, -0.2) is 28.6 Å². The van der Waals surface area contributed by atoms with Crippen molar-refractivity contribution in [3.63, 3.8) is 0 Å². The average molecular weight is 253 g/mol. The van der Waals surface area contributed by atoms with E-state index in [9.17, 15) is 9.18 Å². The Hall–Kier alpha value is -1.42. The number of nitrogens with zero attached hydrogens (tertiary/aromatic N) is 1. The van der Waals surface area contributed by atoms with Crippen LogP contribution in [0.4, 0.5) is 4.39 Å². The van der Waals surface area contributed by atoms with Crippen LogP contribution in [0.3, 0.4) is 0 Å². The van der Waals surface area contributed by atoms with Gasteiger partial charge in [-0.3, -0.25) is 9.69 Å². The van der Waals surface area contributed by atoms with E-state index >= 15 is 0 Å². The molecule has 1 N–H and O–H groups in total. The molecule has 3 nitrogen and oxygen atoms in total. The Kier molecular flexibility index (Phi) is 5.28. The zero-order valence-corrected chi connectivity index (χ0v) is 11.1. The topological polar surface area (TPSA) is 40.5 Å². The van der Waals surface area contributed by atoms with E-state index in [-0.39, 0.29) is 18.3 Å². The first-order valence-electron chi connectivity index (χ1n) is 6.11. The number of aryl methyl sites for hydroxylation is 1. The van der Waals surface area contributed by atoms with Gasteiger partial charge < -0.3 is 5.11 Å². The molecule has 0 atom stereocenters. The van der Waals surface area contributed by atoms with Crippen molar-refractivity contribution in [1.29, 1.82) is 0 Å². The van der Waals surface area contributed by atoms with Gasteiger partial charge in [0.05, 0.1) is 6.42 Å². The number of carbonyl (C=O) groups is 1. The first kappa shape index (κ1) is 14.6. The molecule has 4 heteroatoms. The lowest BCUT2D eigenvalue weighted by atomic mass is 10.1. The molecule has 0 bridgehead atoms. The fourth-order valence-electron chi connectivity index (χ4n) is 1.73. The van der Waals surface area contributed by atoms with Crippen LogP contribution in [0.5, 0.6) is 0 Å². The summed E-state index contributed by atoms with van der Waals surface area (Å²) in [5.74, 6) is -1.02. The van der Waals surface area contributed by atoms with Crippen molar-refractivity contribution in [2.45, 2.75) is 39.8 Å². The van der Waals surface area contributed by atoms with E-state index in [0.717, 1.165) is 5.56 Å². The maximum absolute atomic E-state index is 13.4. The van der Waals surface area contributed by atoms with Gasteiger partial charge in [0.1, 0.15) is 5.82 Å². The van der Waals surface area contributed by atoms with Crippen LogP contribution in [0.2, 0.25) is 0 Å². The summed E-state index contributed by atoms with van der Waals surface area (Å²) in [4.78, 5) is 12.6. The summed E-state index contributed by atoms with van der Waals surface area (Å²) in [6.45, 7) is 6.78. The minimum Gasteiger partial charge on any atom is -0.481 e. The van der Waals surface area contributed by atoms with Crippen molar-refractivity contribution in [2.24, 2.45) is 0 Å². The molecule has 0 aliphatic carbocycles. The summed E-state index contributed by atoms with van der Waals surface area (Å²) in [6, 6.07) is 5.38. The Morgan fingerprint density at radius 3 is 2.61 bits per heavy atom. The van der Waals surface area contributed by atoms with Gasteiger partial charge in [-0.05, 0) is 38.0 Å². The van der Waals surface area contributed by atoms with E-state index in [0.29, 0.717) is 18.7 Å². The molecule has 1 aromatic rings. The number of carboxylic acids is 1. The van der Waals surface area contributed by atoms with Gasteiger partial charge in [-0.15, -0.1) is 0 Å². The molecule has 0 unspecified atom stereocenters. The molecule has 0 radical (unpaired) electrons. The summed E-state index contributed by atoms with van der Waals surface area (Å²) in [5, 5.41) is 8.70. The van der Waals surface area contributed by atoms with Crippen LogP contribution in [-0.2, 0) is 11.3 Å². The molecule has 0 aliphatic heterocycles. The maximum atomic E-state index is 13.4. The van der Waals surface area contributed by atoms with Gasteiger partial charge in [-0.2, -0.15) is 0 Å². The van der Waals surface area contributed by atoms with E-state index in [1.165, 1.54) is 6.07 Å². The van der Waals surface area contributed by atoms with Crippen molar-refractivity contribution in [1.82, 2.24) is 4.90 Å². The van der Waals surface area contributed by atoms with E-state index in [2.05, 4.69) is 0 Å². The molecule has 0 amide bonds. The number of hydrogen-bond acceptors (Lipinski definition) is 2. The standard InChI is InChI=1S/C14H20FNO2/c1-10(2)16(7-6-14(17)18)9-12-5-4-11(3)13(15)8-12/h4-5,8,10H,6-7,9H2,1-3H3,(H,17,18). The van der Waals surface area contributed by atoms with Gasteiger partial charge in [-0.1, -0.05) is 12.1 Å². The molecular weight excluding hydrogens is 233 g/mol. The second kappa shape index (κ2) is 6.50.